The van der Waals surface area contributed by atoms with Crippen LogP contribution in [0.1, 0.15) is 45.1 Å². The molecule has 2 rings (SSSR count). The topological polar surface area (TPSA) is 15.3 Å². The SMILES string of the molecule is CCCCCN1CC(Cc2ccccc2)NCC1CC. The summed E-state index contributed by atoms with van der Waals surface area (Å²) in [6, 6.07) is 12.2. The Kier molecular flexibility index (Phi) is 6.55. The van der Waals surface area contributed by atoms with Crippen molar-refractivity contribution in [3.05, 3.63) is 35.9 Å². The lowest BCUT2D eigenvalue weighted by atomic mass is 10.00. The van der Waals surface area contributed by atoms with Crippen LogP contribution in [-0.4, -0.2) is 36.6 Å². The van der Waals surface area contributed by atoms with Crippen LogP contribution in [0.5, 0.6) is 0 Å². The molecule has 1 aromatic rings. The normalized spacial score (nSPS) is 23.9. The molecule has 1 heterocycles. The summed E-state index contributed by atoms with van der Waals surface area (Å²) in [5.41, 5.74) is 1.45. The van der Waals surface area contributed by atoms with Gasteiger partial charge in [-0.25, -0.2) is 0 Å². The van der Waals surface area contributed by atoms with E-state index in [0.29, 0.717) is 6.04 Å². The lowest BCUT2D eigenvalue weighted by Gasteiger charge is -2.40. The summed E-state index contributed by atoms with van der Waals surface area (Å²) in [4.78, 5) is 2.72. The number of nitrogens with zero attached hydrogens (tertiary/aromatic N) is 1. The smallest absolute Gasteiger partial charge is 0.0236 e. The van der Waals surface area contributed by atoms with Gasteiger partial charge in [-0.2, -0.15) is 0 Å². The van der Waals surface area contributed by atoms with E-state index >= 15 is 0 Å². The second kappa shape index (κ2) is 8.43. The first-order valence-electron chi connectivity index (χ1n) is 8.34. The zero-order chi connectivity index (χ0) is 14.2. The maximum Gasteiger partial charge on any atom is 0.0236 e. The summed E-state index contributed by atoms with van der Waals surface area (Å²) < 4.78 is 0. The summed E-state index contributed by atoms with van der Waals surface area (Å²) in [5, 5.41) is 3.75. The fourth-order valence-electron chi connectivity index (χ4n) is 3.21. The zero-order valence-corrected chi connectivity index (χ0v) is 13.1. The minimum absolute atomic E-state index is 0.613. The van der Waals surface area contributed by atoms with E-state index < -0.39 is 0 Å². The molecular formula is C18H30N2. The van der Waals surface area contributed by atoms with E-state index in [9.17, 15) is 0 Å². The summed E-state index contributed by atoms with van der Waals surface area (Å²) in [5.74, 6) is 0. The highest BCUT2D eigenvalue weighted by molar-refractivity contribution is 5.16. The standard InChI is InChI=1S/C18H30N2/c1-3-5-9-12-20-15-17(19-14-18(20)4-2)13-16-10-7-6-8-11-16/h6-8,10-11,17-19H,3-5,9,12-15H2,1-2H3. The van der Waals surface area contributed by atoms with Crippen molar-refractivity contribution >= 4 is 0 Å². The Balaban J connectivity index is 1.86. The van der Waals surface area contributed by atoms with Crippen molar-refractivity contribution in [2.75, 3.05) is 19.6 Å². The van der Waals surface area contributed by atoms with Gasteiger partial charge >= 0.3 is 0 Å². The molecule has 0 radical (unpaired) electrons. The van der Waals surface area contributed by atoms with Gasteiger partial charge in [0.25, 0.3) is 0 Å². The third-order valence-corrected chi connectivity index (χ3v) is 4.46. The predicted molar refractivity (Wildman–Crippen MR) is 87.1 cm³/mol. The van der Waals surface area contributed by atoms with Crippen molar-refractivity contribution < 1.29 is 0 Å². The summed E-state index contributed by atoms with van der Waals surface area (Å²) >= 11 is 0. The second-order valence-electron chi connectivity index (χ2n) is 6.06. The van der Waals surface area contributed by atoms with Gasteiger partial charge in [0.05, 0.1) is 0 Å². The average Bonchev–Trinajstić information content (AvgIpc) is 2.49. The van der Waals surface area contributed by atoms with Crippen LogP contribution in [0.15, 0.2) is 30.3 Å². The van der Waals surface area contributed by atoms with Crippen molar-refractivity contribution in [3.63, 3.8) is 0 Å². The molecule has 20 heavy (non-hydrogen) atoms. The quantitative estimate of drug-likeness (QED) is 0.766. The third kappa shape index (κ3) is 4.60. The van der Waals surface area contributed by atoms with E-state index in [0.717, 1.165) is 19.0 Å². The molecule has 1 aliphatic heterocycles. The molecule has 0 saturated carbocycles. The number of rotatable bonds is 7. The fraction of sp³-hybridized carbons (Fsp3) is 0.667. The zero-order valence-electron chi connectivity index (χ0n) is 13.1. The highest BCUT2D eigenvalue weighted by Gasteiger charge is 2.26. The maximum absolute atomic E-state index is 3.75. The van der Waals surface area contributed by atoms with Crippen LogP contribution in [0.3, 0.4) is 0 Å². The Morgan fingerprint density at radius 3 is 2.65 bits per heavy atom. The molecule has 2 unspecified atom stereocenters. The number of nitrogens with one attached hydrogen (secondary N) is 1. The summed E-state index contributed by atoms with van der Waals surface area (Å²) in [7, 11) is 0. The molecule has 0 spiro atoms. The minimum Gasteiger partial charge on any atom is -0.311 e. The van der Waals surface area contributed by atoms with E-state index in [-0.39, 0.29) is 0 Å². The highest BCUT2D eigenvalue weighted by atomic mass is 15.2. The molecule has 112 valence electrons. The Hall–Kier alpha value is -0.860. The van der Waals surface area contributed by atoms with Crippen LogP contribution in [-0.2, 0) is 6.42 Å². The number of hydrogen-bond acceptors (Lipinski definition) is 2. The van der Waals surface area contributed by atoms with Gasteiger partial charge in [0, 0.05) is 25.2 Å². The highest BCUT2D eigenvalue weighted by Crippen LogP contribution is 2.14. The minimum atomic E-state index is 0.613. The largest absolute Gasteiger partial charge is 0.311 e. The van der Waals surface area contributed by atoms with Gasteiger partial charge in [-0.05, 0) is 31.4 Å². The molecule has 1 fully saturated rings. The van der Waals surface area contributed by atoms with E-state index in [1.165, 1.54) is 44.3 Å². The molecule has 0 aliphatic carbocycles. The third-order valence-electron chi connectivity index (χ3n) is 4.46. The molecule has 1 aliphatic rings. The Bertz CT molecular complexity index is 363. The van der Waals surface area contributed by atoms with Gasteiger partial charge < -0.3 is 5.32 Å². The lowest BCUT2D eigenvalue weighted by Crippen LogP contribution is -2.57. The average molecular weight is 274 g/mol. The molecule has 0 bridgehead atoms. The first kappa shape index (κ1) is 15.5. The Morgan fingerprint density at radius 1 is 1.15 bits per heavy atom. The molecule has 0 amide bonds. The summed E-state index contributed by atoms with van der Waals surface area (Å²) in [6.07, 6.45) is 6.45. The van der Waals surface area contributed by atoms with Gasteiger partial charge in [0.2, 0.25) is 0 Å². The van der Waals surface area contributed by atoms with Gasteiger partial charge in [-0.1, -0.05) is 57.0 Å². The first-order chi connectivity index (χ1) is 9.83. The number of hydrogen-bond donors (Lipinski definition) is 1. The van der Waals surface area contributed by atoms with Gasteiger partial charge in [0.15, 0.2) is 0 Å². The molecule has 0 aromatic heterocycles. The lowest BCUT2D eigenvalue weighted by molar-refractivity contribution is 0.124. The van der Waals surface area contributed by atoms with Crippen LogP contribution in [0, 0.1) is 0 Å². The van der Waals surface area contributed by atoms with Crippen molar-refractivity contribution in [1.82, 2.24) is 10.2 Å². The van der Waals surface area contributed by atoms with Crippen molar-refractivity contribution in [1.29, 1.82) is 0 Å². The number of benzene rings is 1. The van der Waals surface area contributed by atoms with Gasteiger partial charge in [0.1, 0.15) is 0 Å². The molecule has 1 saturated heterocycles. The van der Waals surface area contributed by atoms with E-state index in [1.807, 2.05) is 0 Å². The predicted octanol–water partition coefficient (Wildman–Crippen LogP) is 3.47. The summed E-state index contributed by atoms with van der Waals surface area (Å²) in [6.45, 7) is 8.24. The number of piperazine rings is 1. The molecule has 1 N–H and O–H groups in total. The monoisotopic (exact) mass is 274 g/mol. The first-order valence-corrected chi connectivity index (χ1v) is 8.34. The van der Waals surface area contributed by atoms with Crippen LogP contribution in [0.25, 0.3) is 0 Å². The maximum atomic E-state index is 3.75. The van der Waals surface area contributed by atoms with Gasteiger partial charge in [-0.15, -0.1) is 0 Å². The van der Waals surface area contributed by atoms with E-state index in [1.54, 1.807) is 0 Å². The van der Waals surface area contributed by atoms with E-state index in [2.05, 4.69) is 54.4 Å². The molecule has 2 heteroatoms. The number of unbranched alkanes of at least 4 members (excludes halogenated alkanes) is 2. The molecule has 2 nitrogen and oxygen atoms in total. The second-order valence-corrected chi connectivity index (χ2v) is 6.06. The van der Waals surface area contributed by atoms with Crippen LogP contribution >= 0.6 is 0 Å². The molecule has 2 atom stereocenters. The Labute approximate surface area is 124 Å². The Morgan fingerprint density at radius 2 is 1.95 bits per heavy atom. The van der Waals surface area contributed by atoms with Gasteiger partial charge in [-0.3, -0.25) is 4.90 Å². The molecular weight excluding hydrogens is 244 g/mol. The van der Waals surface area contributed by atoms with Crippen molar-refractivity contribution in [3.8, 4) is 0 Å². The van der Waals surface area contributed by atoms with Crippen LogP contribution in [0.2, 0.25) is 0 Å². The van der Waals surface area contributed by atoms with Crippen LogP contribution < -0.4 is 5.32 Å². The van der Waals surface area contributed by atoms with Crippen LogP contribution in [0.4, 0.5) is 0 Å². The van der Waals surface area contributed by atoms with E-state index in [4.69, 9.17) is 0 Å². The van der Waals surface area contributed by atoms with Crippen molar-refractivity contribution in [2.24, 2.45) is 0 Å². The molecule has 1 aromatic carbocycles. The fourth-order valence-corrected chi connectivity index (χ4v) is 3.21. The van der Waals surface area contributed by atoms with Crippen molar-refractivity contribution in [2.45, 2.75) is 58.0 Å².